The number of hydrogen-bond donors (Lipinski definition) is 1. The smallest absolute Gasteiger partial charge is 0.137 e. The molecule has 3 nitrogen and oxygen atoms in total. The number of anilines is 1. The molecular weight excluding hydrogens is 198 g/mol. The summed E-state index contributed by atoms with van der Waals surface area (Å²) < 4.78 is 0. The fraction of sp³-hybridized carbons (Fsp3) is 0.385. The Morgan fingerprint density at radius 3 is 2.75 bits per heavy atom. The van der Waals surface area contributed by atoms with Crippen molar-refractivity contribution in [2.24, 2.45) is 0 Å². The molecule has 0 unspecified atom stereocenters. The lowest BCUT2D eigenvalue weighted by Crippen LogP contribution is -2.11. The van der Waals surface area contributed by atoms with E-state index in [4.69, 9.17) is 0 Å². The Balaban J connectivity index is 2.55. The van der Waals surface area contributed by atoms with Gasteiger partial charge >= 0.3 is 0 Å². The molecule has 2 rings (SSSR count). The molecule has 1 N–H and O–H groups in total. The molecule has 0 spiro atoms. The van der Waals surface area contributed by atoms with Crippen LogP contribution in [0.15, 0.2) is 24.5 Å². The minimum absolute atomic E-state index is 0.378. The van der Waals surface area contributed by atoms with Gasteiger partial charge in [-0.15, -0.1) is 0 Å². The van der Waals surface area contributed by atoms with E-state index in [1.165, 1.54) is 5.56 Å². The highest BCUT2D eigenvalue weighted by molar-refractivity contribution is 5.89. The van der Waals surface area contributed by atoms with Crippen molar-refractivity contribution in [3.8, 4) is 0 Å². The third-order valence-corrected chi connectivity index (χ3v) is 2.53. The van der Waals surface area contributed by atoms with E-state index >= 15 is 0 Å². The van der Waals surface area contributed by atoms with Crippen LogP contribution in [0.5, 0.6) is 0 Å². The molecule has 0 aliphatic heterocycles. The lowest BCUT2D eigenvalue weighted by molar-refractivity contribution is 0.890. The Morgan fingerprint density at radius 2 is 2.06 bits per heavy atom. The third kappa shape index (κ3) is 2.13. The normalized spacial score (nSPS) is 11.0. The Morgan fingerprint density at radius 1 is 1.25 bits per heavy atom. The minimum atomic E-state index is 0.378. The summed E-state index contributed by atoms with van der Waals surface area (Å²) >= 11 is 0. The standard InChI is InChI=1S/C13H17N3/c1-4-10-5-6-12-11(7-10)13(15-8-14-12)16-9(2)3/h5-9H,4H2,1-3H3,(H,14,15,16). The second-order valence-electron chi connectivity index (χ2n) is 4.23. The summed E-state index contributed by atoms with van der Waals surface area (Å²) in [6.45, 7) is 6.37. The average Bonchev–Trinajstić information content (AvgIpc) is 2.28. The number of hydrogen-bond acceptors (Lipinski definition) is 3. The Bertz CT molecular complexity index is 492. The van der Waals surface area contributed by atoms with Crippen molar-refractivity contribution >= 4 is 16.7 Å². The molecule has 1 aromatic heterocycles. The molecule has 2 aromatic rings. The monoisotopic (exact) mass is 215 g/mol. The zero-order chi connectivity index (χ0) is 11.5. The summed E-state index contributed by atoms with van der Waals surface area (Å²) in [6.07, 6.45) is 2.64. The van der Waals surface area contributed by atoms with E-state index in [0.29, 0.717) is 6.04 Å². The van der Waals surface area contributed by atoms with Gasteiger partial charge in [0.15, 0.2) is 0 Å². The maximum atomic E-state index is 4.30. The Hall–Kier alpha value is -1.64. The van der Waals surface area contributed by atoms with E-state index in [2.05, 4.69) is 54.3 Å². The van der Waals surface area contributed by atoms with Gasteiger partial charge in [-0.25, -0.2) is 9.97 Å². The van der Waals surface area contributed by atoms with Crippen molar-refractivity contribution in [3.63, 3.8) is 0 Å². The van der Waals surface area contributed by atoms with E-state index in [1.807, 2.05) is 0 Å². The second kappa shape index (κ2) is 4.47. The summed E-state index contributed by atoms with van der Waals surface area (Å²) in [5.74, 6) is 0.926. The van der Waals surface area contributed by atoms with E-state index in [0.717, 1.165) is 23.1 Å². The summed E-state index contributed by atoms with van der Waals surface area (Å²) in [6, 6.07) is 6.72. The van der Waals surface area contributed by atoms with E-state index < -0.39 is 0 Å². The fourth-order valence-corrected chi connectivity index (χ4v) is 1.71. The van der Waals surface area contributed by atoms with Crippen LogP contribution < -0.4 is 5.32 Å². The first-order chi connectivity index (χ1) is 7.70. The SMILES string of the molecule is CCc1ccc2ncnc(NC(C)C)c2c1. The molecular formula is C13H17N3. The van der Waals surface area contributed by atoms with Crippen LogP contribution in [0, 0.1) is 0 Å². The Kier molecular flexibility index (Phi) is 3.04. The molecule has 0 saturated carbocycles. The number of aryl methyl sites for hydroxylation is 1. The van der Waals surface area contributed by atoms with Crippen LogP contribution in [0.2, 0.25) is 0 Å². The Labute approximate surface area is 95.9 Å². The van der Waals surface area contributed by atoms with Gasteiger partial charge in [0.1, 0.15) is 12.1 Å². The molecule has 0 aliphatic carbocycles. The van der Waals surface area contributed by atoms with Gasteiger partial charge in [0.05, 0.1) is 5.52 Å². The molecule has 1 aromatic carbocycles. The van der Waals surface area contributed by atoms with Crippen molar-refractivity contribution in [2.75, 3.05) is 5.32 Å². The van der Waals surface area contributed by atoms with E-state index in [1.54, 1.807) is 6.33 Å². The summed E-state index contributed by atoms with van der Waals surface area (Å²) in [4.78, 5) is 8.57. The van der Waals surface area contributed by atoms with Gasteiger partial charge in [-0.1, -0.05) is 13.0 Å². The second-order valence-corrected chi connectivity index (χ2v) is 4.23. The molecule has 84 valence electrons. The van der Waals surface area contributed by atoms with Gasteiger partial charge in [-0.2, -0.15) is 0 Å². The molecule has 0 fully saturated rings. The highest BCUT2D eigenvalue weighted by Crippen LogP contribution is 2.21. The molecule has 0 aliphatic rings. The van der Waals surface area contributed by atoms with Gasteiger partial charge in [-0.05, 0) is 38.0 Å². The van der Waals surface area contributed by atoms with Gasteiger partial charge in [0, 0.05) is 11.4 Å². The van der Waals surface area contributed by atoms with Crippen molar-refractivity contribution in [2.45, 2.75) is 33.2 Å². The zero-order valence-electron chi connectivity index (χ0n) is 9.99. The summed E-state index contributed by atoms with van der Waals surface area (Å²) in [5.41, 5.74) is 2.31. The number of rotatable bonds is 3. The third-order valence-electron chi connectivity index (χ3n) is 2.53. The maximum absolute atomic E-state index is 4.30. The first kappa shape index (κ1) is 10.9. The molecule has 0 saturated heterocycles. The quantitative estimate of drug-likeness (QED) is 0.855. The maximum Gasteiger partial charge on any atom is 0.137 e. The fourth-order valence-electron chi connectivity index (χ4n) is 1.71. The number of nitrogens with one attached hydrogen (secondary N) is 1. The van der Waals surface area contributed by atoms with Gasteiger partial charge < -0.3 is 5.32 Å². The predicted molar refractivity (Wildman–Crippen MR) is 67.7 cm³/mol. The van der Waals surface area contributed by atoms with Gasteiger partial charge in [0.2, 0.25) is 0 Å². The van der Waals surface area contributed by atoms with Crippen LogP contribution in [0.1, 0.15) is 26.3 Å². The van der Waals surface area contributed by atoms with Gasteiger partial charge in [-0.3, -0.25) is 0 Å². The van der Waals surface area contributed by atoms with Crippen LogP contribution in [-0.4, -0.2) is 16.0 Å². The first-order valence-corrected chi connectivity index (χ1v) is 5.71. The summed E-state index contributed by atoms with van der Waals surface area (Å²) in [7, 11) is 0. The average molecular weight is 215 g/mol. The van der Waals surface area contributed by atoms with Crippen molar-refractivity contribution in [1.82, 2.24) is 9.97 Å². The van der Waals surface area contributed by atoms with Crippen LogP contribution in [0.25, 0.3) is 10.9 Å². The minimum Gasteiger partial charge on any atom is -0.367 e. The predicted octanol–water partition coefficient (Wildman–Crippen LogP) is 3.01. The van der Waals surface area contributed by atoms with Gasteiger partial charge in [0.25, 0.3) is 0 Å². The van der Waals surface area contributed by atoms with Crippen molar-refractivity contribution in [1.29, 1.82) is 0 Å². The molecule has 0 atom stereocenters. The number of fused-ring (bicyclic) bond motifs is 1. The summed E-state index contributed by atoms with van der Waals surface area (Å²) in [5, 5.41) is 4.45. The number of aromatic nitrogens is 2. The highest BCUT2D eigenvalue weighted by Gasteiger charge is 2.05. The van der Waals surface area contributed by atoms with E-state index in [-0.39, 0.29) is 0 Å². The van der Waals surface area contributed by atoms with Crippen molar-refractivity contribution < 1.29 is 0 Å². The molecule has 0 bridgehead atoms. The lowest BCUT2D eigenvalue weighted by atomic mass is 10.1. The zero-order valence-corrected chi connectivity index (χ0v) is 9.99. The molecule has 0 amide bonds. The lowest BCUT2D eigenvalue weighted by Gasteiger charge is -2.11. The van der Waals surface area contributed by atoms with Crippen LogP contribution in [0.3, 0.4) is 0 Å². The largest absolute Gasteiger partial charge is 0.367 e. The van der Waals surface area contributed by atoms with Crippen molar-refractivity contribution in [3.05, 3.63) is 30.1 Å². The van der Waals surface area contributed by atoms with Crippen LogP contribution >= 0.6 is 0 Å². The first-order valence-electron chi connectivity index (χ1n) is 5.71. The molecule has 16 heavy (non-hydrogen) atoms. The number of nitrogens with zero attached hydrogens (tertiary/aromatic N) is 2. The topological polar surface area (TPSA) is 37.8 Å². The highest BCUT2D eigenvalue weighted by atomic mass is 15.0. The van der Waals surface area contributed by atoms with Crippen LogP contribution in [0.4, 0.5) is 5.82 Å². The number of benzene rings is 1. The molecule has 1 heterocycles. The molecule has 3 heteroatoms. The van der Waals surface area contributed by atoms with E-state index in [9.17, 15) is 0 Å². The van der Waals surface area contributed by atoms with Crippen LogP contribution in [-0.2, 0) is 6.42 Å². The molecule has 0 radical (unpaired) electrons.